The Balaban J connectivity index is 1.61. The van der Waals surface area contributed by atoms with Crippen molar-refractivity contribution in [3.05, 3.63) is 70.7 Å². The number of hydrogen-bond acceptors (Lipinski definition) is 4. The van der Waals surface area contributed by atoms with Crippen LogP contribution in [0, 0.1) is 0 Å². The molecule has 2 aromatic carbocycles. The number of nitrogens with zero attached hydrogens (tertiary/aromatic N) is 1. The predicted octanol–water partition coefficient (Wildman–Crippen LogP) is 3.25. The van der Waals surface area contributed by atoms with Gasteiger partial charge in [-0.05, 0) is 30.0 Å². The van der Waals surface area contributed by atoms with Crippen molar-refractivity contribution in [1.82, 2.24) is 10.2 Å². The molecule has 1 aliphatic rings. The highest BCUT2D eigenvalue weighted by Crippen LogP contribution is 2.21. The summed E-state index contributed by atoms with van der Waals surface area (Å²) >= 11 is 6.11. The summed E-state index contributed by atoms with van der Waals surface area (Å²) in [4.78, 5) is 38.3. The zero-order chi connectivity index (χ0) is 21.5. The molecule has 30 heavy (non-hydrogen) atoms. The van der Waals surface area contributed by atoms with Crippen molar-refractivity contribution in [2.24, 2.45) is 0 Å². The van der Waals surface area contributed by atoms with E-state index in [0.717, 1.165) is 5.56 Å². The molecule has 1 saturated heterocycles. The number of carbonyl (C=O) groups excluding carboxylic acids is 2. The summed E-state index contributed by atoms with van der Waals surface area (Å²) in [6, 6.07) is 14.2. The summed E-state index contributed by atoms with van der Waals surface area (Å²) in [6.07, 6.45) is 0.548. The summed E-state index contributed by atoms with van der Waals surface area (Å²) < 4.78 is 5.33. The number of ether oxygens (including phenoxy) is 1. The maximum Gasteiger partial charge on any atom is 0.410 e. The second-order valence-corrected chi connectivity index (χ2v) is 7.49. The van der Waals surface area contributed by atoms with Gasteiger partial charge in [0.15, 0.2) is 0 Å². The number of carboxylic acids is 1. The number of halogens is 1. The standard InChI is InChI=1S/C22H23ClN2O5/c23-17-10-5-4-9-16(17)13-18(21(27)28)24-20(26)19-11-6-12-25(19)22(29)30-14-15-7-2-1-3-8-15/h1-5,7-10,18-19H,6,11-14H2,(H,24,26)(H,27,28)/t18-,19-/m1/s1. The summed E-state index contributed by atoms with van der Waals surface area (Å²) in [5, 5.41) is 12.5. The lowest BCUT2D eigenvalue weighted by atomic mass is 10.1. The molecular weight excluding hydrogens is 408 g/mol. The minimum Gasteiger partial charge on any atom is -0.480 e. The van der Waals surface area contributed by atoms with Gasteiger partial charge in [0, 0.05) is 18.0 Å². The van der Waals surface area contributed by atoms with Gasteiger partial charge in [-0.15, -0.1) is 0 Å². The number of hydrogen-bond donors (Lipinski definition) is 2. The van der Waals surface area contributed by atoms with Crippen LogP contribution in [-0.4, -0.2) is 46.6 Å². The Morgan fingerprint density at radius 3 is 2.53 bits per heavy atom. The largest absolute Gasteiger partial charge is 0.480 e. The van der Waals surface area contributed by atoms with Crippen LogP contribution in [0.4, 0.5) is 4.79 Å². The highest BCUT2D eigenvalue weighted by molar-refractivity contribution is 6.31. The molecule has 2 aromatic rings. The molecular formula is C22H23ClN2O5. The van der Waals surface area contributed by atoms with Gasteiger partial charge < -0.3 is 15.2 Å². The average Bonchev–Trinajstić information content (AvgIpc) is 3.24. The first-order valence-electron chi connectivity index (χ1n) is 9.69. The first-order chi connectivity index (χ1) is 14.5. The Morgan fingerprint density at radius 1 is 1.13 bits per heavy atom. The van der Waals surface area contributed by atoms with Gasteiger partial charge >= 0.3 is 12.1 Å². The van der Waals surface area contributed by atoms with Crippen molar-refractivity contribution in [2.75, 3.05) is 6.54 Å². The van der Waals surface area contributed by atoms with Gasteiger partial charge in [-0.1, -0.05) is 60.1 Å². The van der Waals surface area contributed by atoms with Crippen LogP contribution in [0.3, 0.4) is 0 Å². The molecule has 8 heteroatoms. The number of amides is 2. The topological polar surface area (TPSA) is 95.9 Å². The highest BCUT2D eigenvalue weighted by Gasteiger charge is 2.36. The lowest BCUT2D eigenvalue weighted by Crippen LogP contribution is -2.51. The average molecular weight is 431 g/mol. The quantitative estimate of drug-likeness (QED) is 0.702. The van der Waals surface area contributed by atoms with Crippen LogP contribution >= 0.6 is 11.6 Å². The van der Waals surface area contributed by atoms with Gasteiger partial charge in [0.05, 0.1) is 0 Å². The smallest absolute Gasteiger partial charge is 0.410 e. The van der Waals surface area contributed by atoms with Crippen LogP contribution in [-0.2, 0) is 27.4 Å². The van der Waals surface area contributed by atoms with Gasteiger partial charge in [0.1, 0.15) is 18.7 Å². The van der Waals surface area contributed by atoms with Gasteiger partial charge in [-0.2, -0.15) is 0 Å². The van der Waals surface area contributed by atoms with E-state index >= 15 is 0 Å². The lowest BCUT2D eigenvalue weighted by molar-refractivity contribution is -0.142. The van der Waals surface area contributed by atoms with Crippen molar-refractivity contribution in [3.63, 3.8) is 0 Å². The van der Waals surface area contributed by atoms with E-state index in [-0.39, 0.29) is 13.0 Å². The molecule has 0 aliphatic carbocycles. The molecule has 158 valence electrons. The molecule has 1 heterocycles. The van der Waals surface area contributed by atoms with E-state index in [1.54, 1.807) is 24.3 Å². The molecule has 0 aromatic heterocycles. The number of aliphatic carboxylic acids is 1. The van der Waals surface area contributed by atoms with Gasteiger partial charge in [-0.25, -0.2) is 9.59 Å². The van der Waals surface area contributed by atoms with E-state index in [4.69, 9.17) is 16.3 Å². The fraction of sp³-hybridized carbons (Fsp3) is 0.318. The van der Waals surface area contributed by atoms with Crippen molar-refractivity contribution < 1.29 is 24.2 Å². The Labute approximate surface area is 179 Å². The first kappa shape index (κ1) is 21.6. The monoisotopic (exact) mass is 430 g/mol. The van der Waals surface area contributed by atoms with Crippen molar-refractivity contribution in [3.8, 4) is 0 Å². The molecule has 1 fully saturated rings. The van der Waals surface area contributed by atoms with Crippen LogP contribution in [0.15, 0.2) is 54.6 Å². The number of carboxylic acid groups (broad SMARTS) is 1. The second-order valence-electron chi connectivity index (χ2n) is 7.09. The normalized spacial score (nSPS) is 16.7. The number of nitrogens with one attached hydrogen (secondary N) is 1. The Hall–Kier alpha value is -3.06. The van der Waals surface area contributed by atoms with Gasteiger partial charge in [0.2, 0.25) is 5.91 Å². The second kappa shape index (κ2) is 10.1. The Morgan fingerprint density at radius 2 is 1.83 bits per heavy atom. The summed E-state index contributed by atoms with van der Waals surface area (Å²) in [7, 11) is 0. The summed E-state index contributed by atoms with van der Waals surface area (Å²) in [5.74, 6) is -1.68. The van der Waals surface area contributed by atoms with Gasteiger partial charge in [-0.3, -0.25) is 9.69 Å². The predicted molar refractivity (Wildman–Crippen MR) is 111 cm³/mol. The molecule has 3 rings (SSSR count). The van der Waals surface area contributed by atoms with Crippen LogP contribution in [0.1, 0.15) is 24.0 Å². The van der Waals surface area contributed by atoms with Crippen LogP contribution in [0.5, 0.6) is 0 Å². The molecule has 2 atom stereocenters. The van der Waals surface area contributed by atoms with E-state index in [1.807, 2.05) is 30.3 Å². The molecule has 2 N–H and O–H groups in total. The van der Waals surface area contributed by atoms with Crippen LogP contribution < -0.4 is 5.32 Å². The number of benzene rings is 2. The molecule has 0 radical (unpaired) electrons. The third-order valence-electron chi connectivity index (χ3n) is 4.99. The summed E-state index contributed by atoms with van der Waals surface area (Å²) in [5.41, 5.74) is 1.47. The van der Waals surface area contributed by atoms with Crippen molar-refractivity contribution in [1.29, 1.82) is 0 Å². The third kappa shape index (κ3) is 5.51. The minimum absolute atomic E-state index is 0.0475. The highest BCUT2D eigenvalue weighted by atomic mass is 35.5. The van der Waals surface area contributed by atoms with E-state index < -0.39 is 30.1 Å². The molecule has 0 unspecified atom stereocenters. The number of rotatable bonds is 7. The van der Waals surface area contributed by atoms with E-state index in [9.17, 15) is 19.5 Å². The molecule has 7 nitrogen and oxygen atoms in total. The molecule has 1 aliphatic heterocycles. The third-order valence-corrected chi connectivity index (χ3v) is 5.36. The fourth-order valence-electron chi connectivity index (χ4n) is 3.41. The zero-order valence-electron chi connectivity index (χ0n) is 16.3. The van der Waals surface area contributed by atoms with Crippen molar-refractivity contribution >= 4 is 29.6 Å². The molecule has 0 spiro atoms. The molecule has 2 amide bonds. The van der Waals surface area contributed by atoms with Crippen molar-refractivity contribution in [2.45, 2.75) is 38.0 Å². The van der Waals surface area contributed by atoms with E-state index in [2.05, 4.69) is 5.32 Å². The first-order valence-corrected chi connectivity index (χ1v) is 10.1. The zero-order valence-corrected chi connectivity index (χ0v) is 17.0. The van der Waals surface area contributed by atoms with Gasteiger partial charge in [0.25, 0.3) is 0 Å². The fourth-order valence-corrected chi connectivity index (χ4v) is 3.62. The van der Waals surface area contributed by atoms with E-state index in [0.29, 0.717) is 30.0 Å². The molecule has 0 saturated carbocycles. The SMILES string of the molecule is O=C(N[C@H](Cc1ccccc1Cl)C(=O)O)[C@H]1CCCN1C(=O)OCc1ccccc1. The van der Waals surface area contributed by atoms with Crippen LogP contribution in [0.25, 0.3) is 0 Å². The lowest BCUT2D eigenvalue weighted by Gasteiger charge is -2.25. The maximum absolute atomic E-state index is 12.8. The number of carbonyl (C=O) groups is 3. The minimum atomic E-state index is -1.17. The van der Waals surface area contributed by atoms with E-state index in [1.165, 1.54) is 4.90 Å². The number of likely N-dealkylation sites (tertiary alicyclic amines) is 1. The Kier molecular flexibility index (Phi) is 7.30. The maximum atomic E-state index is 12.8. The molecule has 0 bridgehead atoms. The summed E-state index contributed by atoms with van der Waals surface area (Å²) in [6.45, 7) is 0.489. The van der Waals surface area contributed by atoms with Crippen LogP contribution in [0.2, 0.25) is 5.02 Å². The Bertz CT molecular complexity index is 905.